The van der Waals surface area contributed by atoms with Gasteiger partial charge in [-0.1, -0.05) is 24.3 Å². The van der Waals surface area contributed by atoms with Gasteiger partial charge in [-0.3, -0.25) is 4.79 Å². The van der Waals surface area contributed by atoms with Crippen LogP contribution in [0.15, 0.2) is 42.6 Å². The first kappa shape index (κ1) is 17.0. The number of amides is 1. The maximum Gasteiger partial charge on any atom is 0.232 e. The lowest BCUT2D eigenvalue weighted by Crippen LogP contribution is -2.44. The highest BCUT2D eigenvalue weighted by atomic mass is 16.1. The summed E-state index contributed by atoms with van der Waals surface area (Å²) in [5.74, 6) is 0.752. The van der Waals surface area contributed by atoms with E-state index in [1.54, 1.807) is 6.20 Å². The molecule has 1 fully saturated rings. The number of fused-ring (bicyclic) bond motifs is 1. The molecular weight excluding hydrogens is 326 g/mol. The number of benzene rings is 1. The van der Waals surface area contributed by atoms with Crippen LogP contribution in [-0.4, -0.2) is 49.0 Å². The largest absolute Gasteiger partial charge is 0.354 e. The second-order valence-corrected chi connectivity index (χ2v) is 7.21. The summed E-state index contributed by atoms with van der Waals surface area (Å²) in [4.78, 5) is 21.9. The Morgan fingerprint density at radius 3 is 2.54 bits per heavy atom. The predicted octanol–water partition coefficient (Wildman–Crippen LogP) is 1.96. The normalized spacial score (nSPS) is 22.9. The molecule has 1 saturated heterocycles. The first-order valence-electron chi connectivity index (χ1n) is 9.16. The van der Waals surface area contributed by atoms with Crippen molar-refractivity contribution in [3.63, 3.8) is 0 Å². The average molecular weight is 351 g/mol. The summed E-state index contributed by atoms with van der Waals surface area (Å²) in [7, 11) is 2.14. The fraction of sp³-hybridized carbons (Fsp3) is 0.400. The molecule has 136 valence electrons. The third-order valence-electron chi connectivity index (χ3n) is 5.42. The van der Waals surface area contributed by atoms with Crippen LogP contribution in [0.2, 0.25) is 0 Å². The highest BCUT2D eigenvalue weighted by molar-refractivity contribution is 5.96. The molecule has 1 aromatic heterocycles. The van der Waals surface area contributed by atoms with Gasteiger partial charge >= 0.3 is 0 Å². The number of hydrogen-bond acceptors (Lipinski definition) is 5. The van der Waals surface area contributed by atoms with Crippen molar-refractivity contribution < 1.29 is 4.79 Å². The number of nitrogens with one attached hydrogen (secondary N) is 1. The molecule has 3 N–H and O–H groups in total. The Morgan fingerprint density at radius 2 is 1.85 bits per heavy atom. The van der Waals surface area contributed by atoms with Gasteiger partial charge in [-0.15, -0.1) is 0 Å². The van der Waals surface area contributed by atoms with E-state index < -0.39 is 0 Å². The quantitative estimate of drug-likeness (QED) is 0.884. The lowest BCUT2D eigenvalue weighted by Gasteiger charge is -2.33. The van der Waals surface area contributed by atoms with Crippen molar-refractivity contribution in [1.29, 1.82) is 0 Å². The van der Waals surface area contributed by atoms with Crippen molar-refractivity contribution in [2.24, 2.45) is 5.73 Å². The van der Waals surface area contributed by atoms with Crippen LogP contribution in [0, 0.1) is 0 Å². The third kappa shape index (κ3) is 3.30. The molecule has 0 spiro atoms. The summed E-state index contributed by atoms with van der Waals surface area (Å²) < 4.78 is 0. The Hall–Kier alpha value is -2.44. The molecule has 2 aromatic rings. The molecule has 2 heterocycles. The van der Waals surface area contributed by atoms with Crippen molar-refractivity contribution in [3.8, 4) is 0 Å². The molecule has 2 atom stereocenters. The van der Waals surface area contributed by atoms with Gasteiger partial charge in [0.15, 0.2) is 0 Å². The average Bonchev–Trinajstić information content (AvgIpc) is 3.00. The standard InChI is InChI=1S/C20H25N5O/c1-24-8-10-25(11-9-24)19-7-6-14(13-22-19)23-20(26)17-12-18(21)16-5-3-2-4-15(16)17/h2-7,13,17-18H,8-12,21H2,1H3,(H,23,26). The summed E-state index contributed by atoms with van der Waals surface area (Å²) in [5, 5.41) is 3.00. The lowest BCUT2D eigenvalue weighted by molar-refractivity contribution is -0.117. The molecule has 1 aliphatic carbocycles. The van der Waals surface area contributed by atoms with Crippen molar-refractivity contribution in [2.45, 2.75) is 18.4 Å². The Kier molecular flexibility index (Phi) is 4.61. The van der Waals surface area contributed by atoms with E-state index in [1.165, 1.54) is 0 Å². The minimum atomic E-state index is -0.196. The van der Waals surface area contributed by atoms with E-state index in [0.717, 1.165) is 48.8 Å². The Bertz CT molecular complexity index is 783. The van der Waals surface area contributed by atoms with Gasteiger partial charge < -0.3 is 20.9 Å². The topological polar surface area (TPSA) is 74.5 Å². The van der Waals surface area contributed by atoms with Gasteiger partial charge in [0.2, 0.25) is 5.91 Å². The fourth-order valence-corrected chi connectivity index (χ4v) is 3.83. The summed E-state index contributed by atoms with van der Waals surface area (Å²) >= 11 is 0. The van der Waals surface area contributed by atoms with E-state index in [1.807, 2.05) is 36.4 Å². The number of hydrogen-bond donors (Lipinski definition) is 2. The number of nitrogens with two attached hydrogens (primary N) is 1. The number of likely N-dealkylation sites (N-methyl/N-ethyl adjacent to an activating group) is 1. The van der Waals surface area contributed by atoms with Gasteiger partial charge in [-0.05, 0) is 36.7 Å². The molecule has 2 unspecified atom stereocenters. The van der Waals surface area contributed by atoms with Gasteiger partial charge in [0.05, 0.1) is 17.8 Å². The Morgan fingerprint density at radius 1 is 1.12 bits per heavy atom. The molecule has 6 heteroatoms. The zero-order valence-electron chi connectivity index (χ0n) is 15.1. The molecule has 1 aliphatic heterocycles. The minimum absolute atomic E-state index is 0.0143. The van der Waals surface area contributed by atoms with E-state index in [9.17, 15) is 4.79 Å². The highest BCUT2D eigenvalue weighted by Crippen LogP contribution is 2.39. The molecule has 0 bridgehead atoms. The van der Waals surface area contributed by atoms with Gasteiger partial charge in [0.1, 0.15) is 5.82 Å². The molecule has 1 aromatic carbocycles. The Labute approximate surface area is 154 Å². The SMILES string of the molecule is CN1CCN(c2ccc(NC(=O)C3CC(N)c4ccccc43)cn2)CC1. The van der Waals surface area contributed by atoms with Gasteiger partial charge in [0.25, 0.3) is 0 Å². The maximum absolute atomic E-state index is 12.7. The van der Waals surface area contributed by atoms with Gasteiger partial charge in [0, 0.05) is 32.2 Å². The number of nitrogens with zero attached hydrogens (tertiary/aromatic N) is 3. The monoisotopic (exact) mass is 351 g/mol. The van der Waals surface area contributed by atoms with Crippen molar-refractivity contribution in [2.75, 3.05) is 43.4 Å². The zero-order valence-corrected chi connectivity index (χ0v) is 15.1. The highest BCUT2D eigenvalue weighted by Gasteiger charge is 2.33. The molecule has 0 saturated carbocycles. The second-order valence-electron chi connectivity index (χ2n) is 7.21. The van der Waals surface area contributed by atoms with Crippen LogP contribution in [-0.2, 0) is 4.79 Å². The van der Waals surface area contributed by atoms with E-state index >= 15 is 0 Å². The number of anilines is 2. The minimum Gasteiger partial charge on any atom is -0.354 e. The van der Waals surface area contributed by atoms with E-state index in [2.05, 4.69) is 27.1 Å². The van der Waals surface area contributed by atoms with Crippen LogP contribution >= 0.6 is 0 Å². The first-order chi connectivity index (χ1) is 12.6. The molecule has 0 radical (unpaired) electrons. The van der Waals surface area contributed by atoms with E-state index in [-0.39, 0.29) is 17.9 Å². The van der Waals surface area contributed by atoms with Gasteiger partial charge in [-0.2, -0.15) is 0 Å². The van der Waals surface area contributed by atoms with Crippen LogP contribution in [0.25, 0.3) is 0 Å². The lowest BCUT2D eigenvalue weighted by atomic mass is 10.0. The first-order valence-corrected chi connectivity index (χ1v) is 9.16. The molecule has 2 aliphatic rings. The molecule has 4 rings (SSSR count). The number of rotatable bonds is 3. The molecular formula is C20H25N5O. The third-order valence-corrected chi connectivity index (χ3v) is 5.42. The van der Waals surface area contributed by atoms with Crippen molar-refractivity contribution in [1.82, 2.24) is 9.88 Å². The maximum atomic E-state index is 12.7. The number of piperazine rings is 1. The van der Waals surface area contributed by atoms with Gasteiger partial charge in [-0.25, -0.2) is 4.98 Å². The number of carbonyl (C=O) groups excluding carboxylic acids is 1. The summed E-state index contributed by atoms with van der Waals surface area (Å²) in [6.07, 6.45) is 2.39. The van der Waals surface area contributed by atoms with Crippen LogP contribution in [0.4, 0.5) is 11.5 Å². The van der Waals surface area contributed by atoms with E-state index in [4.69, 9.17) is 5.73 Å². The second kappa shape index (κ2) is 7.05. The Balaban J connectivity index is 1.42. The van der Waals surface area contributed by atoms with Crippen LogP contribution in [0.1, 0.15) is 29.5 Å². The fourth-order valence-electron chi connectivity index (χ4n) is 3.83. The summed E-state index contributed by atoms with van der Waals surface area (Å²) in [6.45, 7) is 4.04. The van der Waals surface area contributed by atoms with Crippen LogP contribution in [0.5, 0.6) is 0 Å². The van der Waals surface area contributed by atoms with Crippen molar-refractivity contribution in [3.05, 3.63) is 53.7 Å². The molecule has 6 nitrogen and oxygen atoms in total. The number of carbonyl (C=O) groups is 1. The van der Waals surface area contributed by atoms with Crippen molar-refractivity contribution >= 4 is 17.4 Å². The smallest absolute Gasteiger partial charge is 0.232 e. The summed E-state index contributed by atoms with van der Waals surface area (Å²) in [6, 6.07) is 11.8. The molecule has 26 heavy (non-hydrogen) atoms. The summed E-state index contributed by atoms with van der Waals surface area (Å²) in [5.41, 5.74) is 9.03. The van der Waals surface area contributed by atoms with E-state index in [0.29, 0.717) is 6.42 Å². The number of pyridine rings is 1. The zero-order chi connectivity index (χ0) is 18.1. The number of aromatic nitrogens is 1. The molecule has 1 amide bonds. The van der Waals surface area contributed by atoms with Crippen LogP contribution in [0.3, 0.4) is 0 Å². The predicted molar refractivity (Wildman–Crippen MR) is 103 cm³/mol. The van der Waals surface area contributed by atoms with Crippen LogP contribution < -0.4 is 16.0 Å².